The van der Waals surface area contributed by atoms with Crippen molar-refractivity contribution in [1.82, 2.24) is 9.97 Å². The molecule has 0 unspecified atom stereocenters. The normalized spacial score (nSPS) is 11.6. The van der Waals surface area contributed by atoms with Crippen LogP contribution in [0.25, 0.3) is 110 Å². The van der Waals surface area contributed by atoms with Crippen LogP contribution in [-0.4, -0.2) is 9.97 Å². The van der Waals surface area contributed by atoms with E-state index in [1.807, 2.05) is 12.3 Å². The van der Waals surface area contributed by atoms with E-state index in [4.69, 9.17) is 14.4 Å². The number of para-hydroxylation sites is 2. The minimum atomic E-state index is 0.712. The summed E-state index contributed by atoms with van der Waals surface area (Å²) in [5.74, 6) is 0.712. The smallest absolute Gasteiger partial charge is 0.159 e. The Balaban J connectivity index is 0.977. The maximum absolute atomic E-state index is 6.84. The lowest BCUT2D eigenvalue weighted by Crippen LogP contribution is -1.93. The second-order valence-corrected chi connectivity index (χ2v) is 14.1. The summed E-state index contributed by atoms with van der Waals surface area (Å²) in [6.07, 6.45) is 1.99. The van der Waals surface area contributed by atoms with Crippen molar-refractivity contribution in [2.24, 2.45) is 0 Å². The van der Waals surface area contributed by atoms with Crippen LogP contribution in [0.1, 0.15) is 0 Å². The number of fused-ring (bicyclic) bond motifs is 9. The molecule has 0 atom stereocenters. The zero-order chi connectivity index (χ0) is 36.3. The lowest BCUT2D eigenvalue weighted by molar-refractivity contribution is 0.671. The quantitative estimate of drug-likeness (QED) is 0.168. The number of benzene rings is 9. The van der Waals surface area contributed by atoms with Crippen LogP contribution in [0, 0.1) is 0 Å². The summed E-state index contributed by atoms with van der Waals surface area (Å²) in [5.41, 5.74) is 12.7. The van der Waals surface area contributed by atoms with E-state index in [1.165, 1.54) is 27.3 Å². The number of hydrogen-bond acceptors (Lipinski definition) is 3. The van der Waals surface area contributed by atoms with E-state index in [0.717, 1.165) is 77.2 Å². The highest BCUT2D eigenvalue weighted by Gasteiger charge is 2.17. The standard InChI is InChI=1S/C52H32N2O/c1-2-12-33(13-3-1)34-26-28-35(29-27-34)40-22-10-24-46-47-25-11-23-41(51(47)55-50(40)46)38-16-8-14-36(30-38)37-15-9-17-39(31-37)52-53-32-48-44-20-5-4-18-42(44)43-19-6-7-21-45(43)49(48)54-52/h1-32H. The van der Waals surface area contributed by atoms with Gasteiger partial charge in [-0.1, -0.05) is 176 Å². The van der Waals surface area contributed by atoms with Crippen LogP contribution < -0.4 is 0 Å². The molecular weight excluding hydrogens is 669 g/mol. The molecule has 0 aliphatic rings. The Bertz CT molecular complexity index is 3220. The molecule has 55 heavy (non-hydrogen) atoms. The van der Waals surface area contributed by atoms with Gasteiger partial charge in [-0.05, 0) is 61.7 Å². The molecular formula is C52H32N2O. The predicted molar refractivity (Wildman–Crippen MR) is 229 cm³/mol. The van der Waals surface area contributed by atoms with Crippen molar-refractivity contribution >= 4 is 54.4 Å². The van der Waals surface area contributed by atoms with Gasteiger partial charge < -0.3 is 4.42 Å². The van der Waals surface area contributed by atoms with Crippen molar-refractivity contribution in [3.63, 3.8) is 0 Å². The van der Waals surface area contributed by atoms with Gasteiger partial charge in [0.2, 0.25) is 0 Å². The zero-order valence-electron chi connectivity index (χ0n) is 29.8. The molecule has 0 saturated heterocycles. The summed E-state index contributed by atoms with van der Waals surface area (Å²) in [7, 11) is 0. The highest BCUT2D eigenvalue weighted by atomic mass is 16.3. The number of nitrogens with zero attached hydrogens (tertiary/aromatic N) is 2. The SMILES string of the molecule is c1ccc(-c2ccc(-c3cccc4c3oc3c(-c5cccc(-c6cccc(-c7ncc8c9ccccc9c9ccccc9c8n7)c6)c5)cccc34)cc2)cc1. The second kappa shape index (κ2) is 12.6. The topological polar surface area (TPSA) is 38.9 Å². The molecule has 0 saturated carbocycles. The van der Waals surface area contributed by atoms with E-state index in [9.17, 15) is 0 Å². The zero-order valence-corrected chi connectivity index (χ0v) is 29.8. The van der Waals surface area contributed by atoms with Crippen LogP contribution in [-0.2, 0) is 0 Å². The highest BCUT2D eigenvalue weighted by molar-refractivity contribution is 6.24. The predicted octanol–water partition coefficient (Wildman–Crippen LogP) is 14.2. The molecule has 2 heterocycles. The van der Waals surface area contributed by atoms with Crippen molar-refractivity contribution in [2.45, 2.75) is 0 Å². The monoisotopic (exact) mass is 700 g/mol. The molecule has 0 bridgehead atoms. The van der Waals surface area contributed by atoms with E-state index >= 15 is 0 Å². The number of aromatic nitrogens is 2. The number of rotatable bonds is 5. The molecule has 2 aromatic heterocycles. The van der Waals surface area contributed by atoms with Gasteiger partial charge in [0.25, 0.3) is 0 Å². The Kier molecular flexibility index (Phi) is 7.17. The molecule has 11 rings (SSSR count). The molecule has 3 heteroatoms. The fourth-order valence-corrected chi connectivity index (χ4v) is 8.25. The minimum Gasteiger partial charge on any atom is -0.455 e. The Morgan fingerprint density at radius 3 is 1.45 bits per heavy atom. The molecule has 0 N–H and O–H groups in total. The van der Waals surface area contributed by atoms with E-state index < -0.39 is 0 Å². The minimum absolute atomic E-state index is 0.712. The molecule has 3 nitrogen and oxygen atoms in total. The largest absolute Gasteiger partial charge is 0.455 e. The third-order valence-corrected chi connectivity index (χ3v) is 10.9. The van der Waals surface area contributed by atoms with Crippen LogP contribution >= 0.6 is 0 Å². The molecule has 9 aromatic carbocycles. The summed E-state index contributed by atoms with van der Waals surface area (Å²) < 4.78 is 6.84. The number of hydrogen-bond donors (Lipinski definition) is 0. The fourth-order valence-electron chi connectivity index (χ4n) is 8.25. The van der Waals surface area contributed by atoms with Crippen LogP contribution in [0.15, 0.2) is 199 Å². The summed E-state index contributed by atoms with van der Waals surface area (Å²) in [5, 5.41) is 8.01. The van der Waals surface area contributed by atoms with Gasteiger partial charge in [-0.15, -0.1) is 0 Å². The van der Waals surface area contributed by atoms with Gasteiger partial charge in [0.15, 0.2) is 5.82 Å². The molecule has 11 aromatic rings. The first-order chi connectivity index (χ1) is 27.3. The average molecular weight is 701 g/mol. The van der Waals surface area contributed by atoms with Gasteiger partial charge in [-0.25, -0.2) is 9.97 Å². The van der Waals surface area contributed by atoms with E-state index in [-0.39, 0.29) is 0 Å². The molecule has 0 aliphatic carbocycles. The Morgan fingerprint density at radius 1 is 0.309 bits per heavy atom. The molecule has 0 spiro atoms. The fraction of sp³-hybridized carbons (Fsp3) is 0. The van der Waals surface area contributed by atoms with Gasteiger partial charge in [0.1, 0.15) is 11.2 Å². The molecule has 0 aliphatic heterocycles. The number of furan rings is 1. The van der Waals surface area contributed by atoms with Crippen LogP contribution in [0.5, 0.6) is 0 Å². The Morgan fingerprint density at radius 2 is 0.764 bits per heavy atom. The first kappa shape index (κ1) is 31.2. The van der Waals surface area contributed by atoms with Crippen LogP contribution in [0.4, 0.5) is 0 Å². The lowest BCUT2D eigenvalue weighted by atomic mass is 9.96. The Hall–Kier alpha value is -7.36. The van der Waals surface area contributed by atoms with Gasteiger partial charge in [0.05, 0.1) is 5.52 Å². The molecule has 0 radical (unpaired) electrons. The van der Waals surface area contributed by atoms with E-state index in [0.29, 0.717) is 5.82 Å². The van der Waals surface area contributed by atoms with Crippen molar-refractivity contribution in [1.29, 1.82) is 0 Å². The van der Waals surface area contributed by atoms with Crippen molar-refractivity contribution in [2.75, 3.05) is 0 Å². The summed E-state index contributed by atoms with van der Waals surface area (Å²) in [6, 6.07) is 66.4. The third-order valence-electron chi connectivity index (χ3n) is 10.9. The van der Waals surface area contributed by atoms with Gasteiger partial charge in [-0.2, -0.15) is 0 Å². The van der Waals surface area contributed by atoms with Gasteiger partial charge >= 0.3 is 0 Å². The maximum atomic E-state index is 6.84. The molecule has 0 amide bonds. The van der Waals surface area contributed by atoms with E-state index in [2.05, 4.69) is 182 Å². The molecule has 0 fully saturated rings. The Labute approximate surface area is 317 Å². The van der Waals surface area contributed by atoms with Gasteiger partial charge in [-0.3, -0.25) is 0 Å². The highest BCUT2D eigenvalue weighted by Crippen LogP contribution is 2.41. The summed E-state index contributed by atoms with van der Waals surface area (Å²) in [6.45, 7) is 0. The van der Waals surface area contributed by atoms with Crippen LogP contribution in [0.3, 0.4) is 0 Å². The average Bonchev–Trinajstić information content (AvgIpc) is 3.66. The maximum Gasteiger partial charge on any atom is 0.159 e. The van der Waals surface area contributed by atoms with Gasteiger partial charge in [0, 0.05) is 44.4 Å². The van der Waals surface area contributed by atoms with Crippen LogP contribution in [0.2, 0.25) is 0 Å². The van der Waals surface area contributed by atoms with E-state index in [1.54, 1.807) is 0 Å². The summed E-state index contributed by atoms with van der Waals surface area (Å²) in [4.78, 5) is 10.1. The first-order valence-corrected chi connectivity index (χ1v) is 18.6. The third kappa shape index (κ3) is 5.20. The summed E-state index contributed by atoms with van der Waals surface area (Å²) >= 11 is 0. The van der Waals surface area contributed by atoms with Crippen molar-refractivity contribution < 1.29 is 4.42 Å². The first-order valence-electron chi connectivity index (χ1n) is 18.6. The molecule has 256 valence electrons. The lowest BCUT2D eigenvalue weighted by Gasteiger charge is -2.11. The second-order valence-electron chi connectivity index (χ2n) is 14.1. The van der Waals surface area contributed by atoms with Crippen molar-refractivity contribution in [3.8, 4) is 55.9 Å². The van der Waals surface area contributed by atoms with Crippen molar-refractivity contribution in [3.05, 3.63) is 194 Å².